The molecule has 0 radical (unpaired) electrons. The molecule has 2 N–H and O–H groups in total. The van der Waals surface area contributed by atoms with E-state index in [1.54, 1.807) is 20.2 Å². The number of rotatable bonds is 10. The van der Waals surface area contributed by atoms with Gasteiger partial charge in [-0.15, -0.1) is 0 Å². The van der Waals surface area contributed by atoms with Crippen LogP contribution in [0.15, 0.2) is 16.4 Å². The number of aliphatic carboxylic acids is 1. The Balaban J connectivity index is 5.10. The first-order valence-electron chi connectivity index (χ1n) is 8.17. The molecule has 7 heteroatoms. The van der Waals surface area contributed by atoms with E-state index in [1.807, 2.05) is 6.92 Å². The van der Waals surface area contributed by atoms with Crippen LogP contribution in [0.1, 0.15) is 52.9 Å². The van der Waals surface area contributed by atoms with Crippen molar-refractivity contribution < 1.29 is 19.5 Å². The van der Waals surface area contributed by atoms with Crippen LogP contribution < -0.4 is 5.32 Å². The zero-order valence-electron chi connectivity index (χ0n) is 15.3. The number of unbranched alkanes of at least 4 members (excludes halogenated alkanes) is 1. The molecule has 0 aliphatic heterocycles. The van der Waals surface area contributed by atoms with Crippen molar-refractivity contribution >= 4 is 24.0 Å². The number of likely N-dealkylation sites (N-methyl/N-ethyl adjacent to an activating group) is 1. The summed E-state index contributed by atoms with van der Waals surface area (Å²) in [7, 11) is 3.10. The van der Waals surface area contributed by atoms with Gasteiger partial charge in [0.15, 0.2) is 0 Å². The standard InChI is InChI=1S/C17H29N3O4/c1-6-14(9-7-8-10-15(22)23)11-19-16(20(5)13(3)21)12(2)17(24)18-4/h11,14H,6-10H2,1-5H3,(H,18,24)(H,22,23)/b16-12-,19-11-. The molecule has 0 saturated heterocycles. The molecule has 0 aromatic rings. The summed E-state index contributed by atoms with van der Waals surface area (Å²) in [6.07, 6.45) is 5.03. The molecule has 1 atom stereocenters. The lowest BCUT2D eigenvalue weighted by molar-refractivity contribution is -0.137. The minimum atomic E-state index is -0.786. The summed E-state index contributed by atoms with van der Waals surface area (Å²) in [4.78, 5) is 39.7. The number of hydrogen-bond donors (Lipinski definition) is 2. The van der Waals surface area contributed by atoms with Crippen molar-refractivity contribution in [2.24, 2.45) is 10.9 Å². The number of carboxylic acids is 1. The zero-order chi connectivity index (χ0) is 18.7. The van der Waals surface area contributed by atoms with Crippen molar-refractivity contribution in [3.8, 4) is 0 Å². The number of amides is 2. The maximum Gasteiger partial charge on any atom is 0.303 e. The summed E-state index contributed by atoms with van der Waals surface area (Å²) in [6.45, 7) is 5.06. The van der Waals surface area contributed by atoms with Crippen LogP contribution in [0.4, 0.5) is 0 Å². The van der Waals surface area contributed by atoms with Gasteiger partial charge >= 0.3 is 5.97 Å². The van der Waals surface area contributed by atoms with E-state index in [1.165, 1.54) is 18.9 Å². The van der Waals surface area contributed by atoms with Gasteiger partial charge in [-0.25, -0.2) is 4.99 Å². The molecule has 2 amide bonds. The summed E-state index contributed by atoms with van der Waals surface area (Å²) in [5.41, 5.74) is 0.368. The van der Waals surface area contributed by atoms with E-state index in [0.717, 1.165) is 19.3 Å². The third-order valence-electron chi connectivity index (χ3n) is 3.84. The Bertz CT molecular complexity index is 512. The molecule has 0 bridgehead atoms. The van der Waals surface area contributed by atoms with Crippen LogP contribution in [-0.4, -0.2) is 48.1 Å². The SMILES string of the molecule is CCC(/C=N\C(=C(/C)C(=O)NC)N(C)C(C)=O)CCCCC(=O)O. The van der Waals surface area contributed by atoms with Gasteiger partial charge in [0.1, 0.15) is 5.82 Å². The Morgan fingerprint density at radius 1 is 1.25 bits per heavy atom. The molecule has 0 aliphatic carbocycles. The van der Waals surface area contributed by atoms with Crippen LogP contribution >= 0.6 is 0 Å². The number of aliphatic imine (C=N–C) groups is 1. The summed E-state index contributed by atoms with van der Waals surface area (Å²) >= 11 is 0. The molecule has 24 heavy (non-hydrogen) atoms. The fourth-order valence-electron chi connectivity index (χ4n) is 2.12. The monoisotopic (exact) mass is 339 g/mol. The van der Waals surface area contributed by atoms with E-state index in [2.05, 4.69) is 10.3 Å². The van der Waals surface area contributed by atoms with E-state index < -0.39 is 5.97 Å². The Labute approximate surface area is 143 Å². The summed E-state index contributed by atoms with van der Waals surface area (Å²) in [6, 6.07) is 0. The van der Waals surface area contributed by atoms with Crippen LogP contribution in [0.5, 0.6) is 0 Å². The van der Waals surface area contributed by atoms with Crippen molar-refractivity contribution in [1.29, 1.82) is 0 Å². The summed E-state index contributed by atoms with van der Waals surface area (Å²) in [5, 5.41) is 11.2. The van der Waals surface area contributed by atoms with E-state index in [4.69, 9.17) is 5.11 Å². The lowest BCUT2D eigenvalue weighted by Crippen LogP contribution is -2.28. The highest BCUT2D eigenvalue weighted by Crippen LogP contribution is 2.15. The highest BCUT2D eigenvalue weighted by molar-refractivity contribution is 5.94. The Kier molecular flexibility index (Phi) is 10.3. The number of carbonyl (C=O) groups is 3. The van der Waals surface area contributed by atoms with Gasteiger partial charge in [0, 0.05) is 33.7 Å². The molecule has 0 fully saturated rings. The van der Waals surface area contributed by atoms with E-state index in [-0.39, 0.29) is 24.2 Å². The average Bonchev–Trinajstić information content (AvgIpc) is 2.54. The molecule has 0 aromatic heterocycles. The lowest BCUT2D eigenvalue weighted by atomic mass is 10.00. The van der Waals surface area contributed by atoms with Crippen LogP contribution in [0.25, 0.3) is 0 Å². The van der Waals surface area contributed by atoms with Gasteiger partial charge in [0.2, 0.25) is 11.8 Å². The molecular weight excluding hydrogens is 310 g/mol. The molecule has 0 rings (SSSR count). The van der Waals surface area contributed by atoms with Gasteiger partial charge in [-0.05, 0) is 32.1 Å². The van der Waals surface area contributed by atoms with Crippen molar-refractivity contribution in [2.75, 3.05) is 14.1 Å². The maximum absolute atomic E-state index is 11.8. The second kappa shape index (κ2) is 11.4. The molecule has 0 aromatic carbocycles. The molecule has 0 heterocycles. The van der Waals surface area contributed by atoms with Crippen molar-refractivity contribution in [3.63, 3.8) is 0 Å². The molecule has 0 saturated carbocycles. The highest BCUT2D eigenvalue weighted by atomic mass is 16.4. The molecule has 0 spiro atoms. The Morgan fingerprint density at radius 2 is 1.88 bits per heavy atom. The summed E-state index contributed by atoms with van der Waals surface area (Å²) in [5.74, 6) is -0.784. The lowest BCUT2D eigenvalue weighted by Gasteiger charge is -2.18. The summed E-state index contributed by atoms with van der Waals surface area (Å²) < 4.78 is 0. The van der Waals surface area contributed by atoms with Gasteiger partial charge in [-0.2, -0.15) is 0 Å². The maximum atomic E-state index is 11.8. The minimum absolute atomic E-state index is 0.168. The topological polar surface area (TPSA) is 99.1 Å². The predicted molar refractivity (Wildman–Crippen MR) is 93.6 cm³/mol. The van der Waals surface area contributed by atoms with E-state index >= 15 is 0 Å². The predicted octanol–water partition coefficient (Wildman–Crippen LogP) is 2.18. The fraction of sp³-hybridized carbons (Fsp3) is 0.647. The molecule has 7 nitrogen and oxygen atoms in total. The third kappa shape index (κ3) is 7.89. The van der Waals surface area contributed by atoms with Gasteiger partial charge in [0.05, 0.1) is 5.57 Å². The van der Waals surface area contributed by atoms with Crippen molar-refractivity contribution in [1.82, 2.24) is 10.2 Å². The third-order valence-corrected chi connectivity index (χ3v) is 3.84. The number of nitrogens with zero attached hydrogens (tertiary/aromatic N) is 2. The largest absolute Gasteiger partial charge is 0.481 e. The first-order valence-corrected chi connectivity index (χ1v) is 8.17. The first kappa shape index (κ1) is 21.8. The normalized spacial score (nSPS) is 13.4. The first-order chi connectivity index (χ1) is 11.2. The van der Waals surface area contributed by atoms with Crippen molar-refractivity contribution in [3.05, 3.63) is 11.4 Å². The minimum Gasteiger partial charge on any atom is -0.481 e. The number of carbonyl (C=O) groups excluding carboxylic acids is 2. The molecule has 136 valence electrons. The van der Waals surface area contributed by atoms with Crippen LogP contribution in [-0.2, 0) is 14.4 Å². The second-order valence-electron chi connectivity index (χ2n) is 5.69. The quantitative estimate of drug-likeness (QED) is 0.362. The van der Waals surface area contributed by atoms with E-state index in [0.29, 0.717) is 17.8 Å². The Morgan fingerprint density at radius 3 is 2.33 bits per heavy atom. The smallest absolute Gasteiger partial charge is 0.303 e. The fourth-order valence-corrected chi connectivity index (χ4v) is 2.12. The number of carboxylic acid groups (broad SMARTS) is 1. The van der Waals surface area contributed by atoms with Crippen LogP contribution in [0, 0.1) is 5.92 Å². The highest BCUT2D eigenvalue weighted by Gasteiger charge is 2.16. The number of hydrogen-bond acceptors (Lipinski definition) is 4. The van der Waals surface area contributed by atoms with Gasteiger partial charge in [-0.3, -0.25) is 19.3 Å². The Hall–Kier alpha value is -2.18. The van der Waals surface area contributed by atoms with Crippen LogP contribution in [0.3, 0.4) is 0 Å². The van der Waals surface area contributed by atoms with Gasteiger partial charge < -0.3 is 10.4 Å². The molecular formula is C17H29N3O4. The molecule has 1 unspecified atom stereocenters. The van der Waals surface area contributed by atoms with E-state index in [9.17, 15) is 14.4 Å². The zero-order valence-corrected chi connectivity index (χ0v) is 15.3. The van der Waals surface area contributed by atoms with Gasteiger partial charge in [-0.1, -0.05) is 13.3 Å². The second-order valence-corrected chi connectivity index (χ2v) is 5.69. The molecule has 0 aliphatic rings. The average molecular weight is 339 g/mol. The van der Waals surface area contributed by atoms with Crippen LogP contribution in [0.2, 0.25) is 0 Å². The van der Waals surface area contributed by atoms with Gasteiger partial charge in [0.25, 0.3) is 0 Å². The van der Waals surface area contributed by atoms with Crippen molar-refractivity contribution in [2.45, 2.75) is 52.9 Å². The number of nitrogens with one attached hydrogen (secondary N) is 1.